The molecule has 0 aromatic heterocycles. The lowest BCUT2D eigenvalue weighted by atomic mass is 9.93. The molecule has 1 unspecified atom stereocenters. The van der Waals surface area contributed by atoms with Gasteiger partial charge >= 0.3 is 0 Å². The molecule has 0 saturated carbocycles. The molecule has 2 heteroatoms. The van der Waals surface area contributed by atoms with E-state index < -0.39 is 0 Å². The van der Waals surface area contributed by atoms with E-state index in [9.17, 15) is 5.21 Å². The Morgan fingerprint density at radius 3 is 2.21 bits per heavy atom. The van der Waals surface area contributed by atoms with Crippen molar-refractivity contribution >= 4 is 0 Å². The first-order chi connectivity index (χ1) is 6.38. The summed E-state index contributed by atoms with van der Waals surface area (Å²) in [6.45, 7) is 10.6. The van der Waals surface area contributed by atoms with E-state index in [2.05, 4.69) is 40.7 Å². The Kier molecular flexibility index (Phi) is 3.07. The van der Waals surface area contributed by atoms with Crippen molar-refractivity contribution in [2.24, 2.45) is 0 Å². The van der Waals surface area contributed by atoms with Crippen LogP contribution in [0.4, 0.5) is 0 Å². The molecule has 0 aliphatic carbocycles. The minimum atomic E-state index is -0.194. The van der Waals surface area contributed by atoms with Crippen LogP contribution in [0, 0.1) is 0 Å². The first-order valence-corrected chi connectivity index (χ1v) is 5.60. The summed E-state index contributed by atoms with van der Waals surface area (Å²) >= 11 is 0. The first kappa shape index (κ1) is 11.7. The Morgan fingerprint density at radius 2 is 1.86 bits per heavy atom. The molecular formula is C12H23NO. The fourth-order valence-electron chi connectivity index (χ4n) is 2.29. The van der Waals surface area contributed by atoms with Gasteiger partial charge in [-0.3, -0.25) is 0 Å². The van der Waals surface area contributed by atoms with Gasteiger partial charge in [-0.25, -0.2) is 0 Å². The van der Waals surface area contributed by atoms with Crippen molar-refractivity contribution in [1.29, 1.82) is 0 Å². The molecule has 1 aliphatic heterocycles. The Morgan fingerprint density at radius 1 is 1.29 bits per heavy atom. The van der Waals surface area contributed by atoms with Crippen molar-refractivity contribution < 1.29 is 5.21 Å². The Bertz CT molecular complexity index is 245. The van der Waals surface area contributed by atoms with E-state index in [0.29, 0.717) is 0 Å². The molecule has 1 atom stereocenters. The van der Waals surface area contributed by atoms with E-state index in [0.717, 1.165) is 19.3 Å². The lowest BCUT2D eigenvalue weighted by Gasteiger charge is -2.38. The molecular weight excluding hydrogens is 174 g/mol. The minimum absolute atomic E-state index is 0.173. The van der Waals surface area contributed by atoms with Crippen LogP contribution in [0.5, 0.6) is 0 Å². The first-order valence-electron chi connectivity index (χ1n) is 5.60. The Balaban J connectivity index is 2.99. The van der Waals surface area contributed by atoms with Crippen LogP contribution in [0.2, 0.25) is 0 Å². The van der Waals surface area contributed by atoms with Gasteiger partial charge in [0.05, 0.1) is 11.1 Å². The summed E-state index contributed by atoms with van der Waals surface area (Å²) in [6.07, 6.45) is 5.42. The zero-order chi connectivity index (χ0) is 11.0. The smallest absolute Gasteiger partial charge is 0.0623 e. The van der Waals surface area contributed by atoms with Gasteiger partial charge in [0.25, 0.3) is 0 Å². The summed E-state index contributed by atoms with van der Waals surface area (Å²) in [6, 6.07) is 0. The van der Waals surface area contributed by atoms with Gasteiger partial charge in [-0.15, -0.1) is 0 Å². The van der Waals surface area contributed by atoms with Crippen molar-refractivity contribution in [3.8, 4) is 0 Å². The van der Waals surface area contributed by atoms with Gasteiger partial charge in [-0.1, -0.05) is 31.9 Å². The SMILES string of the molecule is CCCC1=CC(C)(CC)N(O)C1(C)C. The molecule has 1 aliphatic rings. The number of nitrogens with zero attached hydrogens (tertiary/aromatic N) is 1. The number of hydroxylamine groups is 2. The standard InChI is InChI=1S/C12H23NO/c1-6-8-10-9-12(5,7-2)13(14)11(10,3)4/h9,14H,6-8H2,1-5H3. The summed E-state index contributed by atoms with van der Waals surface area (Å²) in [7, 11) is 0. The average molecular weight is 197 g/mol. The van der Waals surface area contributed by atoms with Gasteiger partial charge in [0.15, 0.2) is 0 Å². The highest BCUT2D eigenvalue weighted by Gasteiger charge is 2.45. The maximum atomic E-state index is 10.2. The summed E-state index contributed by atoms with van der Waals surface area (Å²) in [5.74, 6) is 0. The largest absolute Gasteiger partial charge is 0.312 e. The predicted octanol–water partition coefficient (Wildman–Crippen LogP) is 3.37. The predicted molar refractivity (Wildman–Crippen MR) is 59.4 cm³/mol. The van der Waals surface area contributed by atoms with Crippen molar-refractivity contribution in [2.45, 2.75) is 65.0 Å². The van der Waals surface area contributed by atoms with Crippen LogP contribution < -0.4 is 0 Å². The van der Waals surface area contributed by atoms with Crippen LogP contribution in [0.25, 0.3) is 0 Å². The third-order valence-electron chi connectivity index (χ3n) is 3.52. The van der Waals surface area contributed by atoms with E-state index >= 15 is 0 Å². The quantitative estimate of drug-likeness (QED) is 0.701. The molecule has 0 amide bonds. The second-order valence-electron chi connectivity index (χ2n) is 5.00. The van der Waals surface area contributed by atoms with Gasteiger partial charge in [0, 0.05) is 0 Å². The zero-order valence-corrected chi connectivity index (χ0v) is 10.1. The van der Waals surface area contributed by atoms with Gasteiger partial charge in [-0.2, -0.15) is 5.06 Å². The van der Waals surface area contributed by atoms with Crippen LogP contribution in [0.15, 0.2) is 11.6 Å². The fraction of sp³-hybridized carbons (Fsp3) is 0.833. The molecule has 0 fully saturated rings. The number of rotatable bonds is 3. The molecule has 2 nitrogen and oxygen atoms in total. The molecule has 0 aromatic carbocycles. The van der Waals surface area contributed by atoms with Crippen molar-refractivity contribution in [3.05, 3.63) is 11.6 Å². The van der Waals surface area contributed by atoms with Crippen LogP contribution in [-0.4, -0.2) is 21.3 Å². The normalized spacial score (nSPS) is 32.0. The maximum absolute atomic E-state index is 10.2. The summed E-state index contributed by atoms with van der Waals surface area (Å²) in [4.78, 5) is 0. The van der Waals surface area contributed by atoms with Crippen LogP contribution >= 0.6 is 0 Å². The molecule has 1 heterocycles. The molecule has 1 N–H and O–H groups in total. The molecule has 0 aromatic rings. The summed E-state index contributed by atoms with van der Waals surface area (Å²) in [5, 5.41) is 11.7. The number of hydrogen-bond acceptors (Lipinski definition) is 2. The lowest BCUT2D eigenvalue weighted by molar-refractivity contribution is -0.191. The van der Waals surface area contributed by atoms with Crippen molar-refractivity contribution in [2.75, 3.05) is 0 Å². The number of hydrogen-bond donors (Lipinski definition) is 1. The molecule has 0 spiro atoms. The van der Waals surface area contributed by atoms with E-state index in [1.54, 1.807) is 0 Å². The maximum Gasteiger partial charge on any atom is 0.0623 e. The topological polar surface area (TPSA) is 23.5 Å². The Hall–Kier alpha value is -0.340. The molecule has 14 heavy (non-hydrogen) atoms. The minimum Gasteiger partial charge on any atom is -0.312 e. The van der Waals surface area contributed by atoms with E-state index in [1.807, 2.05) is 0 Å². The van der Waals surface area contributed by atoms with Gasteiger partial charge in [0.2, 0.25) is 0 Å². The van der Waals surface area contributed by atoms with Crippen LogP contribution in [0.1, 0.15) is 53.9 Å². The highest BCUT2D eigenvalue weighted by Crippen LogP contribution is 2.41. The highest BCUT2D eigenvalue weighted by atomic mass is 16.5. The van der Waals surface area contributed by atoms with Crippen LogP contribution in [-0.2, 0) is 0 Å². The van der Waals surface area contributed by atoms with Gasteiger partial charge in [-0.05, 0) is 33.6 Å². The molecule has 82 valence electrons. The fourth-order valence-corrected chi connectivity index (χ4v) is 2.29. The lowest BCUT2D eigenvalue weighted by Crippen LogP contribution is -2.49. The Labute approximate surface area is 87.6 Å². The van der Waals surface area contributed by atoms with Crippen molar-refractivity contribution in [3.63, 3.8) is 0 Å². The molecule has 1 rings (SSSR count). The van der Waals surface area contributed by atoms with Crippen molar-refractivity contribution in [1.82, 2.24) is 5.06 Å². The highest BCUT2D eigenvalue weighted by molar-refractivity contribution is 5.30. The summed E-state index contributed by atoms with van der Waals surface area (Å²) in [5.41, 5.74) is 1.00. The van der Waals surface area contributed by atoms with E-state index in [-0.39, 0.29) is 11.1 Å². The average Bonchev–Trinajstić information content (AvgIpc) is 2.30. The summed E-state index contributed by atoms with van der Waals surface area (Å²) < 4.78 is 0. The van der Waals surface area contributed by atoms with Gasteiger partial charge in [0.1, 0.15) is 0 Å². The molecule has 0 bridgehead atoms. The second kappa shape index (κ2) is 3.67. The third-order valence-corrected chi connectivity index (χ3v) is 3.52. The van der Waals surface area contributed by atoms with Crippen LogP contribution in [0.3, 0.4) is 0 Å². The van der Waals surface area contributed by atoms with E-state index in [1.165, 1.54) is 10.6 Å². The zero-order valence-electron chi connectivity index (χ0n) is 10.1. The molecule has 0 radical (unpaired) electrons. The van der Waals surface area contributed by atoms with E-state index in [4.69, 9.17) is 0 Å². The van der Waals surface area contributed by atoms with Gasteiger partial charge < -0.3 is 5.21 Å². The monoisotopic (exact) mass is 197 g/mol. The second-order valence-corrected chi connectivity index (χ2v) is 5.00. The molecule has 0 saturated heterocycles. The third kappa shape index (κ3) is 1.61.